The molecule has 0 fully saturated rings. The van der Waals surface area contributed by atoms with Gasteiger partial charge in [-0.2, -0.15) is 0 Å². The van der Waals surface area contributed by atoms with Crippen LogP contribution in [0.1, 0.15) is 10.8 Å². The molecule has 0 aliphatic heterocycles. The topological polar surface area (TPSA) is 54.5 Å². The summed E-state index contributed by atoms with van der Waals surface area (Å²) in [5, 5.41) is 1.08. The van der Waals surface area contributed by atoms with E-state index in [1.165, 1.54) is 0 Å². The average molecular weight is 282 g/mol. The predicted octanol–water partition coefficient (Wildman–Crippen LogP) is 3.87. The van der Waals surface area contributed by atoms with Gasteiger partial charge in [-0.05, 0) is 38.1 Å². The van der Waals surface area contributed by atoms with Gasteiger partial charge in [0.15, 0.2) is 0 Å². The number of pyridine rings is 1. The van der Waals surface area contributed by atoms with E-state index in [1.54, 1.807) is 17.5 Å². The van der Waals surface area contributed by atoms with Gasteiger partial charge in [0.25, 0.3) is 0 Å². The quantitative estimate of drug-likeness (QED) is 0.532. The van der Waals surface area contributed by atoms with E-state index in [0.29, 0.717) is 0 Å². The van der Waals surface area contributed by atoms with Crippen LogP contribution in [0.5, 0.6) is 0 Å². The van der Waals surface area contributed by atoms with E-state index in [0.717, 1.165) is 32.2 Å². The van der Waals surface area contributed by atoms with E-state index < -0.39 is 0 Å². The van der Waals surface area contributed by atoms with Crippen LogP contribution in [0.25, 0.3) is 21.4 Å². The molecule has 100 valence electrons. The van der Waals surface area contributed by atoms with E-state index in [1.807, 2.05) is 50.2 Å². The summed E-state index contributed by atoms with van der Waals surface area (Å²) in [5.41, 5.74) is 3.16. The van der Waals surface area contributed by atoms with E-state index in [9.17, 15) is 0 Å². The Labute approximate surface area is 120 Å². The number of hydrogen-bond donors (Lipinski definition) is 1. The summed E-state index contributed by atoms with van der Waals surface area (Å²) >= 11 is 1.63. The first-order chi connectivity index (χ1) is 9.72. The Balaban J connectivity index is 0.000000121. The second-order valence-electron chi connectivity index (χ2n) is 4.40. The van der Waals surface area contributed by atoms with Crippen LogP contribution < -0.4 is 0 Å². The van der Waals surface area contributed by atoms with Gasteiger partial charge in [-0.15, -0.1) is 0 Å². The standard InChI is InChI=1S/C8H8N2.C7H6N2S/c1-6-9-7-4-2-3-5-8(7)10-6;1-5-9-6-3-2-4-8-7(6)10-5/h2-5H,1H3,(H,9,10);2-4H,1H3. The van der Waals surface area contributed by atoms with Gasteiger partial charge in [0.1, 0.15) is 16.2 Å². The van der Waals surface area contributed by atoms with Crippen LogP contribution in [-0.4, -0.2) is 19.9 Å². The number of aromatic nitrogens is 4. The first-order valence-electron chi connectivity index (χ1n) is 6.32. The third-order valence-corrected chi connectivity index (χ3v) is 3.68. The van der Waals surface area contributed by atoms with Crippen LogP contribution in [0.4, 0.5) is 0 Å². The Bertz CT molecular complexity index is 709. The fraction of sp³-hybridized carbons (Fsp3) is 0.133. The summed E-state index contributed by atoms with van der Waals surface area (Å²) in [4.78, 5) is 16.9. The molecule has 3 heterocycles. The van der Waals surface area contributed by atoms with Crippen molar-refractivity contribution >= 4 is 32.7 Å². The lowest BCUT2D eigenvalue weighted by Gasteiger charge is -1.81. The van der Waals surface area contributed by atoms with Crippen molar-refractivity contribution in [3.8, 4) is 0 Å². The summed E-state index contributed by atoms with van der Waals surface area (Å²) in [5.74, 6) is 0.973. The number of thiazole rings is 1. The van der Waals surface area contributed by atoms with Gasteiger partial charge in [-0.1, -0.05) is 23.5 Å². The molecular formula is C15H14N4S. The van der Waals surface area contributed by atoms with E-state index in [4.69, 9.17) is 0 Å². The maximum absolute atomic E-state index is 4.27. The predicted molar refractivity (Wildman–Crippen MR) is 83.0 cm³/mol. The number of nitrogens with zero attached hydrogens (tertiary/aromatic N) is 3. The highest BCUT2D eigenvalue weighted by atomic mass is 32.1. The molecule has 0 aliphatic rings. The highest BCUT2D eigenvalue weighted by molar-refractivity contribution is 7.18. The Kier molecular flexibility index (Phi) is 3.43. The summed E-state index contributed by atoms with van der Waals surface area (Å²) in [6.07, 6.45) is 1.79. The Morgan fingerprint density at radius 3 is 2.55 bits per heavy atom. The third kappa shape index (κ3) is 2.67. The molecule has 3 aromatic heterocycles. The normalized spacial score (nSPS) is 10.5. The molecule has 1 N–H and O–H groups in total. The minimum atomic E-state index is 0.973. The molecule has 0 spiro atoms. The van der Waals surface area contributed by atoms with Crippen LogP contribution in [-0.2, 0) is 0 Å². The molecule has 0 unspecified atom stereocenters. The van der Waals surface area contributed by atoms with E-state index in [2.05, 4.69) is 19.9 Å². The van der Waals surface area contributed by atoms with Gasteiger partial charge in [-0.3, -0.25) is 0 Å². The fourth-order valence-electron chi connectivity index (χ4n) is 1.96. The second kappa shape index (κ2) is 5.38. The van der Waals surface area contributed by atoms with Gasteiger partial charge in [-0.25, -0.2) is 15.0 Å². The first-order valence-corrected chi connectivity index (χ1v) is 7.13. The molecular weight excluding hydrogens is 268 g/mol. The van der Waals surface area contributed by atoms with Crippen LogP contribution in [0, 0.1) is 13.8 Å². The molecule has 0 radical (unpaired) electrons. The SMILES string of the molecule is Cc1nc2ccccc2[nH]1.Cc1nc2cccnc2s1. The summed E-state index contributed by atoms with van der Waals surface area (Å²) in [6.45, 7) is 3.95. The Hall–Kier alpha value is -2.27. The van der Waals surface area contributed by atoms with Crippen LogP contribution in [0.3, 0.4) is 0 Å². The molecule has 0 atom stereocenters. The zero-order chi connectivity index (χ0) is 13.9. The van der Waals surface area contributed by atoms with E-state index in [-0.39, 0.29) is 0 Å². The van der Waals surface area contributed by atoms with Crippen molar-refractivity contribution in [2.24, 2.45) is 0 Å². The zero-order valence-corrected chi connectivity index (χ0v) is 12.1. The largest absolute Gasteiger partial charge is 0.342 e. The van der Waals surface area contributed by atoms with Crippen molar-refractivity contribution in [2.45, 2.75) is 13.8 Å². The second-order valence-corrected chi connectivity index (χ2v) is 5.58. The molecule has 4 aromatic rings. The minimum absolute atomic E-state index is 0.973. The lowest BCUT2D eigenvalue weighted by Crippen LogP contribution is -1.69. The molecule has 1 aromatic carbocycles. The number of fused-ring (bicyclic) bond motifs is 2. The molecule has 0 aliphatic carbocycles. The minimum Gasteiger partial charge on any atom is -0.342 e. The number of rotatable bonds is 0. The molecule has 4 nitrogen and oxygen atoms in total. The summed E-state index contributed by atoms with van der Waals surface area (Å²) in [6, 6.07) is 11.9. The van der Waals surface area contributed by atoms with Crippen molar-refractivity contribution in [1.82, 2.24) is 19.9 Å². The van der Waals surface area contributed by atoms with Crippen molar-refractivity contribution < 1.29 is 0 Å². The molecule has 0 amide bonds. The zero-order valence-electron chi connectivity index (χ0n) is 11.3. The Morgan fingerprint density at radius 1 is 0.950 bits per heavy atom. The lowest BCUT2D eigenvalue weighted by atomic mass is 10.3. The monoisotopic (exact) mass is 282 g/mol. The van der Waals surface area contributed by atoms with Crippen LogP contribution in [0.15, 0.2) is 42.6 Å². The van der Waals surface area contributed by atoms with E-state index >= 15 is 0 Å². The van der Waals surface area contributed by atoms with Gasteiger partial charge in [0.2, 0.25) is 0 Å². The van der Waals surface area contributed by atoms with Crippen LogP contribution in [0.2, 0.25) is 0 Å². The molecule has 0 bridgehead atoms. The van der Waals surface area contributed by atoms with Crippen LogP contribution >= 0.6 is 11.3 Å². The highest BCUT2D eigenvalue weighted by Gasteiger charge is 1.97. The number of aryl methyl sites for hydroxylation is 2. The Morgan fingerprint density at radius 2 is 1.75 bits per heavy atom. The first kappa shape index (κ1) is 12.7. The van der Waals surface area contributed by atoms with Gasteiger partial charge >= 0.3 is 0 Å². The number of para-hydroxylation sites is 2. The molecule has 4 rings (SSSR count). The van der Waals surface area contributed by atoms with Gasteiger partial charge in [0.05, 0.1) is 16.0 Å². The van der Waals surface area contributed by atoms with Crippen molar-refractivity contribution in [3.05, 3.63) is 53.4 Å². The fourth-order valence-corrected chi connectivity index (χ4v) is 2.71. The number of H-pyrrole nitrogens is 1. The van der Waals surface area contributed by atoms with Crippen molar-refractivity contribution in [1.29, 1.82) is 0 Å². The number of hydrogen-bond acceptors (Lipinski definition) is 4. The average Bonchev–Trinajstić information content (AvgIpc) is 2.99. The third-order valence-electron chi connectivity index (χ3n) is 2.78. The smallest absolute Gasteiger partial charge is 0.143 e. The van der Waals surface area contributed by atoms with Gasteiger partial charge in [0, 0.05) is 6.20 Å². The molecule has 20 heavy (non-hydrogen) atoms. The summed E-state index contributed by atoms with van der Waals surface area (Å²) < 4.78 is 0. The number of imidazole rings is 1. The highest BCUT2D eigenvalue weighted by Crippen LogP contribution is 2.17. The molecule has 0 saturated heterocycles. The van der Waals surface area contributed by atoms with Gasteiger partial charge < -0.3 is 4.98 Å². The number of nitrogens with one attached hydrogen (secondary N) is 1. The number of benzene rings is 1. The van der Waals surface area contributed by atoms with Crippen molar-refractivity contribution in [3.63, 3.8) is 0 Å². The maximum Gasteiger partial charge on any atom is 0.143 e. The molecule has 5 heteroatoms. The number of aromatic amines is 1. The van der Waals surface area contributed by atoms with Crippen molar-refractivity contribution in [2.75, 3.05) is 0 Å². The maximum atomic E-state index is 4.27. The summed E-state index contributed by atoms with van der Waals surface area (Å²) in [7, 11) is 0. The molecule has 0 saturated carbocycles. The lowest BCUT2D eigenvalue weighted by molar-refractivity contribution is 1.17.